The van der Waals surface area contributed by atoms with E-state index in [0.29, 0.717) is 37.2 Å². The summed E-state index contributed by atoms with van der Waals surface area (Å²) in [5.74, 6) is -0.562. The molecule has 1 saturated heterocycles. The summed E-state index contributed by atoms with van der Waals surface area (Å²) in [4.78, 5) is 42.2. The van der Waals surface area contributed by atoms with Gasteiger partial charge < -0.3 is 14.8 Å². The highest BCUT2D eigenvalue weighted by atomic mass is 16.4. The predicted molar refractivity (Wildman–Crippen MR) is 123 cm³/mol. The molecule has 1 aromatic carbocycles. The number of amides is 3. The average Bonchev–Trinajstić information content (AvgIpc) is 3.31. The number of nitrogens with zero attached hydrogens (tertiary/aromatic N) is 3. The van der Waals surface area contributed by atoms with Crippen molar-refractivity contribution in [3.8, 4) is 0 Å². The zero-order chi connectivity index (χ0) is 24.0. The van der Waals surface area contributed by atoms with Gasteiger partial charge in [-0.05, 0) is 43.9 Å². The monoisotopic (exact) mass is 454 g/mol. The van der Waals surface area contributed by atoms with E-state index in [4.69, 9.17) is 10.2 Å². The molecular formula is C24H30N4O5. The van der Waals surface area contributed by atoms with Crippen molar-refractivity contribution in [2.24, 2.45) is 0 Å². The molecular weight excluding hydrogens is 424 g/mol. The van der Waals surface area contributed by atoms with Crippen molar-refractivity contribution in [3.05, 3.63) is 58.8 Å². The van der Waals surface area contributed by atoms with Gasteiger partial charge in [-0.3, -0.25) is 15.0 Å². The second-order valence-corrected chi connectivity index (χ2v) is 8.07. The Morgan fingerprint density at radius 1 is 1.12 bits per heavy atom. The zero-order valence-electron chi connectivity index (χ0n) is 19.0. The van der Waals surface area contributed by atoms with Crippen molar-refractivity contribution in [1.29, 1.82) is 0 Å². The molecule has 9 nitrogen and oxygen atoms in total. The summed E-state index contributed by atoms with van der Waals surface area (Å²) in [6.45, 7) is 4.72. The molecule has 2 aromatic rings. The van der Waals surface area contributed by atoms with Crippen molar-refractivity contribution < 1.29 is 24.6 Å². The van der Waals surface area contributed by atoms with Crippen LogP contribution < -0.4 is 5.32 Å². The third kappa shape index (κ3) is 5.48. The molecule has 3 N–H and O–H groups in total. The third-order valence-electron chi connectivity index (χ3n) is 5.71. The summed E-state index contributed by atoms with van der Waals surface area (Å²) in [6, 6.07) is 6.21. The maximum absolute atomic E-state index is 12.6. The second kappa shape index (κ2) is 10.9. The Balaban J connectivity index is 2.00. The fraction of sp³-hybridized carbons (Fsp3) is 0.417. The first-order chi connectivity index (χ1) is 15.9. The van der Waals surface area contributed by atoms with Crippen LogP contribution in [0.3, 0.4) is 0 Å². The standard InChI is InChI=1S/C24H30N4O5/c1-3-4-7-20-25-14-19(28(20)15-17-8-10-18(11-9-17)23(31)32)16(2)21-22(30)26-24(33)27(21)12-5-6-13-29/h8-11,14,29H,3-7,12-13,15H2,1-2H3,(H,31,32)(H,26,30,33). The van der Waals surface area contributed by atoms with E-state index < -0.39 is 17.9 Å². The molecule has 1 aromatic heterocycles. The number of imide groups is 1. The highest BCUT2D eigenvalue weighted by Gasteiger charge is 2.35. The lowest BCUT2D eigenvalue weighted by Gasteiger charge is -2.19. The Hall–Kier alpha value is -3.46. The number of aliphatic hydroxyl groups excluding tert-OH is 1. The van der Waals surface area contributed by atoms with Crippen LogP contribution >= 0.6 is 0 Å². The van der Waals surface area contributed by atoms with Gasteiger partial charge in [-0.1, -0.05) is 25.5 Å². The second-order valence-electron chi connectivity index (χ2n) is 8.07. The van der Waals surface area contributed by atoms with E-state index in [2.05, 4.69) is 17.2 Å². The lowest BCUT2D eigenvalue weighted by molar-refractivity contribution is -0.116. The van der Waals surface area contributed by atoms with Gasteiger partial charge in [-0.2, -0.15) is 0 Å². The molecule has 3 amide bonds. The first-order valence-corrected chi connectivity index (χ1v) is 11.2. The summed E-state index contributed by atoms with van der Waals surface area (Å²) in [5, 5.41) is 20.6. The van der Waals surface area contributed by atoms with Gasteiger partial charge in [0.15, 0.2) is 0 Å². The predicted octanol–water partition coefficient (Wildman–Crippen LogP) is 3.03. The van der Waals surface area contributed by atoms with E-state index in [1.165, 1.54) is 4.90 Å². The van der Waals surface area contributed by atoms with Crippen LogP contribution in [0.1, 0.15) is 67.0 Å². The molecule has 9 heteroatoms. The number of aromatic carboxylic acids is 1. The summed E-state index contributed by atoms with van der Waals surface area (Å²) < 4.78 is 2.02. The molecule has 0 spiro atoms. The number of nitrogens with one attached hydrogen (secondary N) is 1. The van der Waals surface area contributed by atoms with Gasteiger partial charge >= 0.3 is 12.0 Å². The summed E-state index contributed by atoms with van der Waals surface area (Å²) in [7, 11) is 0. The smallest absolute Gasteiger partial charge is 0.335 e. The SMILES string of the molecule is CCCCc1ncc(C(C)=C2C(=O)NC(=O)N2CCCCO)n1Cc1ccc(C(=O)O)cc1. The van der Waals surface area contributed by atoms with Crippen LogP contribution in [-0.4, -0.2) is 55.7 Å². The molecule has 176 valence electrons. The van der Waals surface area contributed by atoms with Gasteiger partial charge in [0.1, 0.15) is 11.5 Å². The summed E-state index contributed by atoms with van der Waals surface area (Å²) >= 11 is 0. The minimum absolute atomic E-state index is 0.0235. The number of urea groups is 1. The van der Waals surface area contributed by atoms with Crippen molar-refractivity contribution >= 4 is 23.5 Å². The molecule has 2 heterocycles. The molecule has 0 radical (unpaired) electrons. The number of unbranched alkanes of at least 4 members (excludes halogenated alkanes) is 2. The number of benzene rings is 1. The Morgan fingerprint density at radius 2 is 1.85 bits per heavy atom. The molecule has 1 aliphatic heterocycles. The summed E-state index contributed by atoms with van der Waals surface area (Å²) in [6.07, 6.45) is 5.56. The number of hydrogen-bond donors (Lipinski definition) is 3. The van der Waals surface area contributed by atoms with E-state index in [1.807, 2.05) is 4.57 Å². The number of aliphatic hydroxyl groups is 1. The van der Waals surface area contributed by atoms with Gasteiger partial charge in [0.2, 0.25) is 0 Å². The van der Waals surface area contributed by atoms with E-state index in [-0.39, 0.29) is 12.2 Å². The van der Waals surface area contributed by atoms with E-state index in [9.17, 15) is 14.4 Å². The molecule has 0 atom stereocenters. The molecule has 1 aliphatic rings. The fourth-order valence-corrected chi connectivity index (χ4v) is 3.90. The maximum Gasteiger partial charge on any atom is 0.335 e. The number of hydrogen-bond acceptors (Lipinski definition) is 5. The van der Waals surface area contributed by atoms with Crippen molar-refractivity contribution in [2.75, 3.05) is 13.2 Å². The third-order valence-corrected chi connectivity index (χ3v) is 5.71. The number of allylic oxidation sites excluding steroid dienone is 1. The Kier molecular flexibility index (Phi) is 8.00. The highest BCUT2D eigenvalue weighted by Crippen LogP contribution is 2.27. The minimum atomic E-state index is -0.979. The van der Waals surface area contributed by atoms with E-state index >= 15 is 0 Å². The Labute approximate surface area is 192 Å². The van der Waals surface area contributed by atoms with Crippen LogP contribution in [0.25, 0.3) is 5.57 Å². The molecule has 33 heavy (non-hydrogen) atoms. The van der Waals surface area contributed by atoms with Crippen molar-refractivity contribution in [1.82, 2.24) is 19.8 Å². The Morgan fingerprint density at radius 3 is 2.48 bits per heavy atom. The lowest BCUT2D eigenvalue weighted by Crippen LogP contribution is -2.29. The highest BCUT2D eigenvalue weighted by molar-refractivity contribution is 6.15. The maximum atomic E-state index is 12.6. The number of carbonyl (C=O) groups excluding carboxylic acids is 2. The molecule has 0 bridgehead atoms. The van der Waals surface area contributed by atoms with Crippen LogP contribution in [0.2, 0.25) is 0 Å². The van der Waals surface area contributed by atoms with Gasteiger partial charge in [0.25, 0.3) is 5.91 Å². The van der Waals surface area contributed by atoms with E-state index in [1.54, 1.807) is 37.4 Å². The van der Waals surface area contributed by atoms with Crippen molar-refractivity contribution in [2.45, 2.75) is 52.5 Å². The fourth-order valence-electron chi connectivity index (χ4n) is 3.90. The molecule has 0 unspecified atom stereocenters. The normalized spacial score (nSPS) is 15.2. The minimum Gasteiger partial charge on any atom is -0.478 e. The average molecular weight is 455 g/mol. The number of carboxylic acid groups (broad SMARTS) is 1. The quantitative estimate of drug-likeness (QED) is 0.272. The van der Waals surface area contributed by atoms with Crippen LogP contribution in [0.15, 0.2) is 36.2 Å². The molecule has 1 fully saturated rings. The number of imidazole rings is 1. The van der Waals surface area contributed by atoms with Crippen LogP contribution in [0.4, 0.5) is 4.79 Å². The van der Waals surface area contributed by atoms with Crippen LogP contribution in [0.5, 0.6) is 0 Å². The van der Waals surface area contributed by atoms with Gasteiger partial charge in [-0.15, -0.1) is 0 Å². The van der Waals surface area contributed by atoms with Crippen molar-refractivity contribution in [3.63, 3.8) is 0 Å². The largest absolute Gasteiger partial charge is 0.478 e. The molecule has 0 saturated carbocycles. The van der Waals surface area contributed by atoms with Crippen LogP contribution in [0, 0.1) is 0 Å². The zero-order valence-corrected chi connectivity index (χ0v) is 19.0. The van der Waals surface area contributed by atoms with Gasteiger partial charge in [0.05, 0.1) is 17.5 Å². The number of aryl methyl sites for hydroxylation is 1. The first kappa shape index (κ1) is 24.2. The van der Waals surface area contributed by atoms with Gasteiger partial charge in [-0.25, -0.2) is 14.6 Å². The Bertz CT molecular complexity index is 1060. The first-order valence-electron chi connectivity index (χ1n) is 11.2. The topological polar surface area (TPSA) is 125 Å². The number of carboxylic acids is 1. The van der Waals surface area contributed by atoms with Crippen LogP contribution in [-0.2, 0) is 17.8 Å². The van der Waals surface area contributed by atoms with E-state index in [0.717, 1.165) is 36.3 Å². The summed E-state index contributed by atoms with van der Waals surface area (Å²) in [5.41, 5.74) is 2.79. The number of carbonyl (C=O) groups is 3. The van der Waals surface area contributed by atoms with Gasteiger partial charge in [0, 0.05) is 31.7 Å². The number of rotatable bonds is 11. The molecule has 3 rings (SSSR count). The molecule has 0 aliphatic carbocycles. The lowest BCUT2D eigenvalue weighted by atomic mass is 10.1. The number of aromatic nitrogens is 2.